The number of thioether (sulfide) groups is 1. The molecule has 0 saturated heterocycles. The van der Waals surface area contributed by atoms with Crippen molar-refractivity contribution < 1.29 is 9.72 Å². The van der Waals surface area contributed by atoms with E-state index >= 15 is 0 Å². The van der Waals surface area contributed by atoms with Crippen molar-refractivity contribution in [1.82, 2.24) is 25.2 Å². The highest BCUT2D eigenvalue weighted by atomic mass is 79.9. The van der Waals surface area contributed by atoms with Crippen molar-refractivity contribution >= 4 is 51.6 Å². The van der Waals surface area contributed by atoms with E-state index in [1.807, 2.05) is 41.0 Å². The number of carbonyl (C=O) groups is 1. The molecule has 0 aliphatic heterocycles. The number of hydrogen-bond donors (Lipinski definition) is 1. The predicted molar refractivity (Wildman–Crippen MR) is 142 cm³/mol. The Morgan fingerprint density at radius 2 is 1.86 bits per heavy atom. The van der Waals surface area contributed by atoms with Crippen LogP contribution >= 0.6 is 27.7 Å². The number of nitro groups is 1. The summed E-state index contributed by atoms with van der Waals surface area (Å²) < 4.78 is 2.81. The van der Waals surface area contributed by atoms with Crippen molar-refractivity contribution in [2.75, 3.05) is 5.75 Å². The number of nitrogens with one attached hydrogen (secondary N) is 1. The monoisotopic (exact) mass is 563 g/mol. The van der Waals surface area contributed by atoms with Crippen LogP contribution in [0.5, 0.6) is 0 Å². The number of nitrogens with zero attached hydrogens (tertiary/aromatic N) is 6. The first-order chi connectivity index (χ1) is 17.5. The highest BCUT2D eigenvalue weighted by Crippen LogP contribution is 2.28. The van der Waals surface area contributed by atoms with Crippen LogP contribution in [-0.4, -0.2) is 42.5 Å². The van der Waals surface area contributed by atoms with E-state index in [1.54, 1.807) is 36.7 Å². The van der Waals surface area contributed by atoms with Crippen LogP contribution in [-0.2, 0) is 4.79 Å². The molecule has 2 aromatic heterocycles. The fourth-order valence-electron chi connectivity index (χ4n) is 3.13. The van der Waals surface area contributed by atoms with Gasteiger partial charge in [-0.1, -0.05) is 39.8 Å². The Balaban J connectivity index is 1.42. The van der Waals surface area contributed by atoms with E-state index in [0.29, 0.717) is 16.5 Å². The molecule has 2 heterocycles. The maximum Gasteiger partial charge on any atom is 0.276 e. The molecule has 180 valence electrons. The smallest absolute Gasteiger partial charge is 0.272 e. The van der Waals surface area contributed by atoms with Gasteiger partial charge in [-0.15, -0.1) is 10.2 Å². The van der Waals surface area contributed by atoms with Crippen molar-refractivity contribution in [2.24, 2.45) is 5.10 Å². The van der Waals surface area contributed by atoms with Gasteiger partial charge in [-0.2, -0.15) is 5.10 Å². The van der Waals surface area contributed by atoms with Crippen molar-refractivity contribution in [1.29, 1.82) is 0 Å². The summed E-state index contributed by atoms with van der Waals surface area (Å²) in [5.74, 6) is 0.336. The molecule has 0 spiro atoms. The zero-order chi connectivity index (χ0) is 25.3. The Hall–Kier alpha value is -4.16. The van der Waals surface area contributed by atoms with Crippen molar-refractivity contribution in [2.45, 2.75) is 5.16 Å². The van der Waals surface area contributed by atoms with Gasteiger partial charge in [0.2, 0.25) is 0 Å². The Kier molecular flexibility index (Phi) is 8.32. The molecule has 1 N–H and O–H groups in total. The number of hydrazone groups is 1. The van der Waals surface area contributed by atoms with E-state index in [4.69, 9.17) is 0 Å². The maximum absolute atomic E-state index is 12.3. The molecule has 0 bridgehead atoms. The number of nitro benzene ring substituents is 1. The molecule has 0 fully saturated rings. The van der Waals surface area contributed by atoms with Crippen molar-refractivity contribution in [3.8, 4) is 17.1 Å². The van der Waals surface area contributed by atoms with Crippen LogP contribution in [0.3, 0.4) is 0 Å². The summed E-state index contributed by atoms with van der Waals surface area (Å²) in [5.41, 5.74) is 4.55. The number of para-hydroxylation sites is 1. The minimum Gasteiger partial charge on any atom is -0.272 e. The van der Waals surface area contributed by atoms with E-state index in [-0.39, 0.29) is 17.3 Å². The highest BCUT2D eigenvalue weighted by molar-refractivity contribution is 9.10. The Morgan fingerprint density at radius 1 is 1.11 bits per heavy atom. The third-order valence-electron chi connectivity index (χ3n) is 4.75. The van der Waals surface area contributed by atoms with Gasteiger partial charge < -0.3 is 0 Å². The lowest BCUT2D eigenvalue weighted by atomic mass is 10.2. The summed E-state index contributed by atoms with van der Waals surface area (Å²) in [6.07, 6.45) is 7.77. The van der Waals surface area contributed by atoms with Gasteiger partial charge >= 0.3 is 0 Å². The highest BCUT2D eigenvalue weighted by Gasteiger charge is 2.17. The maximum atomic E-state index is 12.3. The van der Waals surface area contributed by atoms with Gasteiger partial charge in [-0.05, 0) is 54.6 Å². The molecule has 0 atom stereocenters. The lowest BCUT2D eigenvalue weighted by Gasteiger charge is -2.10. The zero-order valence-corrected chi connectivity index (χ0v) is 21.0. The predicted octanol–water partition coefficient (Wildman–Crippen LogP) is 4.91. The number of halogens is 1. The van der Waals surface area contributed by atoms with Crippen LogP contribution in [0.25, 0.3) is 23.2 Å². The average Bonchev–Trinajstić information content (AvgIpc) is 3.32. The molecular weight excluding hydrogens is 546 g/mol. The summed E-state index contributed by atoms with van der Waals surface area (Å²) in [6.45, 7) is 0. The molecule has 0 saturated carbocycles. The third kappa shape index (κ3) is 6.29. The number of rotatable bonds is 9. The van der Waals surface area contributed by atoms with Crippen LogP contribution in [0.4, 0.5) is 5.69 Å². The number of benzene rings is 2. The Morgan fingerprint density at radius 3 is 2.61 bits per heavy atom. The topological polar surface area (TPSA) is 128 Å². The summed E-state index contributed by atoms with van der Waals surface area (Å²) in [7, 11) is 0. The summed E-state index contributed by atoms with van der Waals surface area (Å²) in [6, 6.07) is 17.7. The van der Waals surface area contributed by atoms with Crippen LogP contribution in [0.2, 0.25) is 0 Å². The normalized spacial score (nSPS) is 11.2. The van der Waals surface area contributed by atoms with E-state index in [9.17, 15) is 14.9 Å². The van der Waals surface area contributed by atoms with Crippen LogP contribution in [0, 0.1) is 10.1 Å². The number of allylic oxidation sites excluding steroid dienone is 1. The van der Waals surface area contributed by atoms with Gasteiger partial charge in [0.25, 0.3) is 11.6 Å². The van der Waals surface area contributed by atoms with Gasteiger partial charge in [-0.25, -0.2) is 5.43 Å². The molecule has 0 radical (unpaired) electrons. The Labute approximate surface area is 218 Å². The number of pyridine rings is 1. The van der Waals surface area contributed by atoms with E-state index in [0.717, 1.165) is 15.7 Å². The number of hydrogen-bond acceptors (Lipinski definition) is 8. The quantitative estimate of drug-likeness (QED) is 0.132. The van der Waals surface area contributed by atoms with Crippen LogP contribution < -0.4 is 5.43 Å². The second-order valence-electron chi connectivity index (χ2n) is 7.13. The molecule has 10 nitrogen and oxygen atoms in total. The summed E-state index contributed by atoms with van der Waals surface area (Å²) in [4.78, 5) is 27.0. The number of aromatic nitrogens is 4. The van der Waals surface area contributed by atoms with E-state index in [2.05, 4.69) is 41.6 Å². The first kappa shape index (κ1) is 24.9. The molecule has 4 aromatic rings. The first-order valence-corrected chi connectivity index (χ1v) is 12.3. The first-order valence-electron chi connectivity index (χ1n) is 10.5. The van der Waals surface area contributed by atoms with Gasteiger partial charge in [0.1, 0.15) is 0 Å². The molecule has 2 aromatic carbocycles. The summed E-state index contributed by atoms with van der Waals surface area (Å²) in [5, 5.41) is 24.1. The molecule has 0 aliphatic rings. The Bertz CT molecular complexity index is 1420. The van der Waals surface area contributed by atoms with Crippen LogP contribution in [0.15, 0.2) is 93.9 Å². The van der Waals surface area contributed by atoms with Gasteiger partial charge in [-0.3, -0.25) is 24.5 Å². The van der Waals surface area contributed by atoms with Crippen LogP contribution in [0.1, 0.15) is 5.56 Å². The average molecular weight is 564 g/mol. The molecule has 4 rings (SSSR count). The SMILES string of the molecule is O=C(CSc1nnc(-c2ccncc2)n1-c1ccc(Br)cc1)NN=CC=Cc1ccccc1[N+](=O)[O-]. The lowest BCUT2D eigenvalue weighted by Crippen LogP contribution is -2.19. The molecule has 0 unspecified atom stereocenters. The fraction of sp³-hybridized carbons (Fsp3) is 0.0417. The molecule has 0 aliphatic carbocycles. The number of amides is 1. The van der Waals surface area contributed by atoms with Gasteiger partial charge in [0.05, 0.1) is 16.2 Å². The molecule has 12 heteroatoms. The van der Waals surface area contributed by atoms with E-state index in [1.165, 1.54) is 30.1 Å². The standard InChI is InChI=1S/C24H18BrN7O3S/c25-19-7-9-20(10-8-19)31-23(18-11-14-26-15-12-18)29-30-24(31)36-16-22(33)28-27-13-3-5-17-4-1-2-6-21(17)32(34)35/h1-15H,16H2,(H,28,33). The molecular formula is C24H18BrN7O3S. The second kappa shape index (κ2) is 12.0. The van der Waals surface area contributed by atoms with Crippen molar-refractivity contribution in [3.63, 3.8) is 0 Å². The van der Waals surface area contributed by atoms with Gasteiger partial charge in [0, 0.05) is 40.4 Å². The minimum absolute atomic E-state index is 0.0106. The minimum atomic E-state index is -0.455. The molecule has 36 heavy (non-hydrogen) atoms. The van der Waals surface area contributed by atoms with E-state index < -0.39 is 4.92 Å². The number of carbonyl (C=O) groups excluding carboxylic acids is 1. The van der Waals surface area contributed by atoms with Gasteiger partial charge in [0.15, 0.2) is 11.0 Å². The lowest BCUT2D eigenvalue weighted by molar-refractivity contribution is -0.385. The second-order valence-corrected chi connectivity index (χ2v) is 8.99. The summed E-state index contributed by atoms with van der Waals surface area (Å²) >= 11 is 4.66. The zero-order valence-electron chi connectivity index (χ0n) is 18.6. The largest absolute Gasteiger partial charge is 0.276 e. The van der Waals surface area contributed by atoms with Crippen molar-refractivity contribution in [3.05, 3.63) is 99.3 Å². The third-order valence-corrected chi connectivity index (χ3v) is 6.21. The fourth-order valence-corrected chi connectivity index (χ4v) is 4.14. The molecule has 1 amide bonds.